The number of nitrogens with zero attached hydrogens (tertiary/aromatic N) is 2. The highest BCUT2D eigenvalue weighted by Gasteiger charge is 1.95. The van der Waals surface area contributed by atoms with Gasteiger partial charge in [0.05, 0.1) is 11.9 Å². The van der Waals surface area contributed by atoms with E-state index < -0.39 is 0 Å². The van der Waals surface area contributed by atoms with Gasteiger partial charge >= 0.3 is 0 Å². The lowest BCUT2D eigenvalue weighted by molar-refractivity contribution is 1.02. The smallest absolute Gasteiger partial charge is 0.0590 e. The molecular weight excluding hydrogens is 208 g/mol. The molecule has 0 saturated carbocycles. The molecule has 0 aliphatic carbocycles. The number of anilines is 1. The highest BCUT2D eigenvalue weighted by atomic mass is 15.4. The van der Waals surface area contributed by atoms with Crippen molar-refractivity contribution in [1.29, 1.82) is 0 Å². The fourth-order valence-corrected chi connectivity index (χ4v) is 1.52. The second-order valence-corrected chi connectivity index (χ2v) is 4.01. The minimum Gasteiger partial charge on any atom is -0.269 e. The molecule has 0 saturated heterocycles. The van der Waals surface area contributed by atoms with Gasteiger partial charge in [-0.05, 0) is 24.6 Å². The molecule has 2 aromatic carbocycles. The Morgan fingerprint density at radius 3 is 2.24 bits per heavy atom. The van der Waals surface area contributed by atoms with Gasteiger partial charge in [0.2, 0.25) is 0 Å². The van der Waals surface area contributed by atoms with Crippen LogP contribution in [0.25, 0.3) is 0 Å². The molecule has 0 N–H and O–H groups in total. The predicted octanol–water partition coefficient (Wildman–Crippen LogP) is 3.47. The van der Waals surface area contributed by atoms with Crippen molar-refractivity contribution in [1.82, 2.24) is 0 Å². The predicted molar refractivity (Wildman–Crippen MR) is 73.6 cm³/mol. The Hall–Kier alpha value is -2.09. The maximum Gasteiger partial charge on any atom is 0.0590 e. The molecule has 0 aromatic heterocycles. The van der Waals surface area contributed by atoms with Crippen LogP contribution in [0.5, 0.6) is 0 Å². The lowest BCUT2D eigenvalue weighted by Gasteiger charge is -2.11. The summed E-state index contributed by atoms with van der Waals surface area (Å²) in [6.45, 7) is 2.08. The van der Waals surface area contributed by atoms with E-state index in [1.807, 2.05) is 48.6 Å². The van der Waals surface area contributed by atoms with Crippen LogP contribution in [0.4, 0.5) is 5.69 Å². The van der Waals surface area contributed by atoms with E-state index in [9.17, 15) is 0 Å². The summed E-state index contributed by atoms with van der Waals surface area (Å²) in [5.41, 5.74) is 3.45. The van der Waals surface area contributed by atoms with Gasteiger partial charge in [0, 0.05) is 7.05 Å². The molecule has 0 atom stereocenters. The average molecular weight is 224 g/mol. The number of hydrogen-bond donors (Lipinski definition) is 0. The van der Waals surface area contributed by atoms with Crippen molar-refractivity contribution >= 4 is 11.9 Å². The first kappa shape index (κ1) is 11.4. The van der Waals surface area contributed by atoms with Gasteiger partial charge in [-0.1, -0.05) is 48.0 Å². The van der Waals surface area contributed by atoms with Gasteiger partial charge in [0.1, 0.15) is 0 Å². The van der Waals surface area contributed by atoms with E-state index in [4.69, 9.17) is 0 Å². The van der Waals surface area contributed by atoms with Crippen LogP contribution in [-0.4, -0.2) is 13.3 Å². The Morgan fingerprint density at radius 2 is 1.59 bits per heavy atom. The second-order valence-electron chi connectivity index (χ2n) is 4.01. The summed E-state index contributed by atoms with van der Waals surface area (Å²) >= 11 is 0. The first-order valence-corrected chi connectivity index (χ1v) is 5.65. The minimum absolute atomic E-state index is 1.08. The Bertz CT molecular complexity index is 486. The molecule has 2 nitrogen and oxygen atoms in total. The Morgan fingerprint density at radius 1 is 0.941 bits per heavy atom. The Kier molecular flexibility index (Phi) is 3.55. The van der Waals surface area contributed by atoms with Crippen LogP contribution in [0.2, 0.25) is 0 Å². The molecule has 0 spiro atoms. The van der Waals surface area contributed by atoms with Crippen molar-refractivity contribution in [3.63, 3.8) is 0 Å². The second kappa shape index (κ2) is 5.30. The molecule has 0 aliphatic rings. The Labute approximate surface area is 102 Å². The van der Waals surface area contributed by atoms with Crippen molar-refractivity contribution in [3.05, 3.63) is 65.7 Å². The van der Waals surface area contributed by atoms with Crippen LogP contribution in [0, 0.1) is 6.92 Å². The average Bonchev–Trinajstić information content (AvgIpc) is 2.39. The van der Waals surface area contributed by atoms with Gasteiger partial charge in [0.25, 0.3) is 0 Å². The number of para-hydroxylation sites is 1. The first-order valence-electron chi connectivity index (χ1n) is 5.65. The summed E-state index contributed by atoms with van der Waals surface area (Å²) in [4.78, 5) is 0. The summed E-state index contributed by atoms with van der Waals surface area (Å²) in [6.07, 6.45) is 1.87. The zero-order valence-electron chi connectivity index (χ0n) is 10.2. The number of hydrogen-bond acceptors (Lipinski definition) is 2. The quantitative estimate of drug-likeness (QED) is 0.576. The van der Waals surface area contributed by atoms with Gasteiger partial charge in [-0.25, -0.2) is 0 Å². The SMILES string of the molecule is Cc1ccc(/C=N/N(C)c2ccccc2)cc1. The molecule has 0 bridgehead atoms. The minimum atomic E-state index is 1.08. The number of aryl methyl sites for hydroxylation is 1. The van der Waals surface area contributed by atoms with Crippen LogP contribution < -0.4 is 5.01 Å². The third-order valence-electron chi connectivity index (χ3n) is 2.59. The molecule has 86 valence electrons. The highest BCUT2D eigenvalue weighted by molar-refractivity contribution is 5.80. The molecule has 17 heavy (non-hydrogen) atoms. The third kappa shape index (κ3) is 3.18. The topological polar surface area (TPSA) is 15.6 Å². The van der Waals surface area contributed by atoms with Crippen LogP contribution >= 0.6 is 0 Å². The third-order valence-corrected chi connectivity index (χ3v) is 2.59. The van der Waals surface area contributed by atoms with E-state index in [1.54, 1.807) is 0 Å². The lowest BCUT2D eigenvalue weighted by atomic mass is 10.2. The lowest BCUT2D eigenvalue weighted by Crippen LogP contribution is -2.08. The molecule has 0 unspecified atom stereocenters. The summed E-state index contributed by atoms with van der Waals surface area (Å²) in [5.74, 6) is 0. The number of rotatable bonds is 3. The molecule has 0 fully saturated rings. The first-order chi connectivity index (χ1) is 8.25. The fraction of sp³-hybridized carbons (Fsp3) is 0.133. The molecule has 2 heteroatoms. The summed E-state index contributed by atoms with van der Waals surface area (Å²) in [5, 5.41) is 6.26. The maximum atomic E-state index is 4.40. The van der Waals surface area contributed by atoms with Gasteiger partial charge in [-0.15, -0.1) is 0 Å². The largest absolute Gasteiger partial charge is 0.269 e. The number of benzene rings is 2. The van der Waals surface area contributed by atoms with E-state index in [0.29, 0.717) is 0 Å². The van der Waals surface area contributed by atoms with Crippen molar-refractivity contribution < 1.29 is 0 Å². The van der Waals surface area contributed by atoms with Crippen LogP contribution in [0.15, 0.2) is 59.7 Å². The molecule has 0 amide bonds. The zero-order valence-corrected chi connectivity index (χ0v) is 10.2. The van der Waals surface area contributed by atoms with Crippen molar-refractivity contribution in [2.75, 3.05) is 12.1 Å². The van der Waals surface area contributed by atoms with Crippen LogP contribution in [0.3, 0.4) is 0 Å². The van der Waals surface area contributed by atoms with Crippen LogP contribution in [0.1, 0.15) is 11.1 Å². The highest BCUT2D eigenvalue weighted by Crippen LogP contribution is 2.11. The maximum absolute atomic E-state index is 4.40. The van der Waals surface area contributed by atoms with Gasteiger partial charge in [-0.3, -0.25) is 5.01 Å². The standard InChI is InChI=1S/C15H16N2/c1-13-8-10-14(11-9-13)12-16-17(2)15-6-4-3-5-7-15/h3-12H,1-2H3/b16-12+. The molecule has 2 aromatic rings. The summed E-state index contributed by atoms with van der Waals surface area (Å²) < 4.78 is 0. The molecule has 2 rings (SSSR count). The van der Waals surface area contributed by atoms with E-state index in [-0.39, 0.29) is 0 Å². The zero-order chi connectivity index (χ0) is 12.1. The normalized spacial score (nSPS) is 10.7. The summed E-state index contributed by atoms with van der Waals surface area (Å²) in [6, 6.07) is 18.4. The van der Waals surface area contributed by atoms with Crippen molar-refractivity contribution in [2.45, 2.75) is 6.92 Å². The van der Waals surface area contributed by atoms with E-state index in [0.717, 1.165) is 11.3 Å². The fourth-order valence-electron chi connectivity index (χ4n) is 1.52. The van der Waals surface area contributed by atoms with E-state index in [2.05, 4.69) is 36.3 Å². The van der Waals surface area contributed by atoms with Gasteiger partial charge in [0.15, 0.2) is 0 Å². The molecule has 0 aliphatic heterocycles. The monoisotopic (exact) mass is 224 g/mol. The number of hydrazone groups is 1. The molecule has 0 heterocycles. The summed E-state index contributed by atoms with van der Waals surface area (Å²) in [7, 11) is 1.94. The van der Waals surface area contributed by atoms with Crippen molar-refractivity contribution in [2.24, 2.45) is 5.10 Å². The van der Waals surface area contributed by atoms with Gasteiger partial charge in [-0.2, -0.15) is 5.10 Å². The molecule has 0 radical (unpaired) electrons. The van der Waals surface area contributed by atoms with E-state index >= 15 is 0 Å². The van der Waals surface area contributed by atoms with Gasteiger partial charge < -0.3 is 0 Å². The van der Waals surface area contributed by atoms with E-state index in [1.165, 1.54) is 5.56 Å². The molecular formula is C15H16N2. The van der Waals surface area contributed by atoms with Crippen molar-refractivity contribution in [3.8, 4) is 0 Å². The van der Waals surface area contributed by atoms with Crippen LogP contribution in [-0.2, 0) is 0 Å². The Balaban J connectivity index is 2.08.